The van der Waals surface area contributed by atoms with Crippen LogP contribution in [0.25, 0.3) is 0 Å². The van der Waals surface area contributed by atoms with Gasteiger partial charge in [0.1, 0.15) is 0 Å². The molecule has 1 aromatic rings. The molecule has 0 spiro atoms. The van der Waals surface area contributed by atoms with Gasteiger partial charge in [0, 0.05) is 26.2 Å². The number of nitrogens with zero attached hydrogens (tertiary/aromatic N) is 1. The molecular weight excluding hydrogens is 284 g/mol. The van der Waals surface area contributed by atoms with Crippen molar-refractivity contribution < 1.29 is 8.42 Å². The van der Waals surface area contributed by atoms with E-state index in [9.17, 15) is 8.42 Å². The average molecular weight is 310 g/mol. The molecule has 5 heteroatoms. The van der Waals surface area contributed by atoms with Gasteiger partial charge in [-0.25, -0.2) is 8.42 Å². The Morgan fingerprint density at radius 1 is 1.14 bits per heavy atom. The molecule has 1 aliphatic heterocycles. The van der Waals surface area contributed by atoms with Gasteiger partial charge < -0.3 is 5.32 Å². The molecule has 0 aliphatic carbocycles. The summed E-state index contributed by atoms with van der Waals surface area (Å²) in [6.07, 6.45) is 2.02. The van der Waals surface area contributed by atoms with Crippen LogP contribution in [0.15, 0.2) is 23.1 Å². The average Bonchev–Trinajstić information content (AvgIpc) is 2.95. The number of benzene rings is 1. The molecule has 0 saturated carbocycles. The lowest BCUT2D eigenvalue weighted by atomic mass is 10.0. The Labute approximate surface area is 128 Å². The zero-order valence-corrected chi connectivity index (χ0v) is 14.0. The molecule has 0 atom stereocenters. The van der Waals surface area contributed by atoms with Gasteiger partial charge in [0.05, 0.1) is 4.90 Å². The van der Waals surface area contributed by atoms with Gasteiger partial charge in [-0.15, -0.1) is 0 Å². The molecule has 118 valence electrons. The van der Waals surface area contributed by atoms with Gasteiger partial charge in [0.25, 0.3) is 0 Å². The van der Waals surface area contributed by atoms with Crippen molar-refractivity contribution in [3.05, 3.63) is 29.3 Å². The minimum Gasteiger partial charge on any atom is -0.309 e. The van der Waals surface area contributed by atoms with E-state index in [0.29, 0.717) is 23.9 Å². The first-order valence-corrected chi connectivity index (χ1v) is 9.29. The summed E-state index contributed by atoms with van der Waals surface area (Å²) in [5.74, 6) is 0.427. The summed E-state index contributed by atoms with van der Waals surface area (Å²) >= 11 is 0. The largest absolute Gasteiger partial charge is 0.309 e. The monoisotopic (exact) mass is 310 g/mol. The van der Waals surface area contributed by atoms with Crippen LogP contribution in [0.4, 0.5) is 0 Å². The molecule has 0 fully saturated rings. The van der Waals surface area contributed by atoms with Crippen LogP contribution in [0.2, 0.25) is 0 Å². The van der Waals surface area contributed by atoms with Crippen LogP contribution in [-0.4, -0.2) is 25.8 Å². The predicted molar refractivity (Wildman–Crippen MR) is 85.5 cm³/mol. The SMILES string of the molecule is CCC(CC)CN(CC)S(=O)(=O)c1ccc2c(c1)CNC2. The quantitative estimate of drug-likeness (QED) is 0.842. The molecule has 0 radical (unpaired) electrons. The number of sulfonamides is 1. The second kappa shape index (κ2) is 6.90. The molecule has 0 bridgehead atoms. The summed E-state index contributed by atoms with van der Waals surface area (Å²) in [5, 5.41) is 3.25. The summed E-state index contributed by atoms with van der Waals surface area (Å²) in [7, 11) is -3.38. The summed E-state index contributed by atoms with van der Waals surface area (Å²) in [6.45, 7) is 8.88. The fraction of sp³-hybridized carbons (Fsp3) is 0.625. The fourth-order valence-electron chi connectivity index (χ4n) is 2.81. The van der Waals surface area contributed by atoms with Crippen molar-refractivity contribution in [2.75, 3.05) is 13.1 Å². The van der Waals surface area contributed by atoms with E-state index >= 15 is 0 Å². The number of hydrogen-bond acceptors (Lipinski definition) is 3. The smallest absolute Gasteiger partial charge is 0.243 e. The molecule has 0 amide bonds. The summed E-state index contributed by atoms with van der Waals surface area (Å²) in [5.41, 5.74) is 2.31. The van der Waals surface area contributed by atoms with Gasteiger partial charge in [-0.05, 0) is 29.2 Å². The van der Waals surface area contributed by atoms with Gasteiger partial charge in [-0.3, -0.25) is 0 Å². The van der Waals surface area contributed by atoms with E-state index in [0.717, 1.165) is 31.5 Å². The molecule has 0 saturated heterocycles. The first kappa shape index (κ1) is 16.5. The second-order valence-corrected chi connectivity index (χ2v) is 7.61. The standard InChI is InChI=1S/C16H26N2O2S/c1-4-13(5-2)12-18(6-3)21(19,20)16-8-7-14-10-17-11-15(14)9-16/h7-9,13,17H,4-6,10-12H2,1-3H3. The van der Waals surface area contributed by atoms with E-state index in [4.69, 9.17) is 0 Å². The molecular formula is C16H26N2O2S. The van der Waals surface area contributed by atoms with Gasteiger partial charge in [0.15, 0.2) is 0 Å². The van der Waals surface area contributed by atoms with Crippen molar-refractivity contribution in [2.45, 2.75) is 51.6 Å². The number of fused-ring (bicyclic) bond motifs is 1. The van der Waals surface area contributed by atoms with Gasteiger partial charge in [0.2, 0.25) is 10.0 Å². The Kier molecular flexibility index (Phi) is 5.41. The Hall–Kier alpha value is -0.910. The van der Waals surface area contributed by atoms with Crippen LogP contribution in [0, 0.1) is 5.92 Å². The third-order valence-corrected chi connectivity index (χ3v) is 6.35. The zero-order valence-electron chi connectivity index (χ0n) is 13.2. The Morgan fingerprint density at radius 3 is 2.43 bits per heavy atom. The van der Waals surface area contributed by atoms with Crippen LogP contribution in [-0.2, 0) is 23.1 Å². The summed E-state index contributed by atoms with van der Waals surface area (Å²) in [6, 6.07) is 5.52. The molecule has 1 aromatic carbocycles. The third kappa shape index (κ3) is 3.47. The van der Waals surface area contributed by atoms with Gasteiger partial charge in [-0.2, -0.15) is 4.31 Å². The third-order valence-electron chi connectivity index (χ3n) is 4.42. The van der Waals surface area contributed by atoms with E-state index < -0.39 is 10.0 Å². The highest BCUT2D eigenvalue weighted by molar-refractivity contribution is 7.89. The van der Waals surface area contributed by atoms with E-state index in [1.165, 1.54) is 5.56 Å². The summed E-state index contributed by atoms with van der Waals surface area (Å²) < 4.78 is 27.3. The summed E-state index contributed by atoms with van der Waals surface area (Å²) in [4.78, 5) is 0.428. The Morgan fingerprint density at radius 2 is 1.81 bits per heavy atom. The van der Waals surface area contributed by atoms with Gasteiger partial charge in [-0.1, -0.05) is 39.7 Å². The van der Waals surface area contributed by atoms with E-state index in [1.807, 2.05) is 19.1 Å². The van der Waals surface area contributed by atoms with Crippen molar-refractivity contribution in [3.63, 3.8) is 0 Å². The zero-order chi connectivity index (χ0) is 15.5. The molecule has 1 aliphatic rings. The maximum absolute atomic E-state index is 12.8. The van der Waals surface area contributed by atoms with E-state index in [2.05, 4.69) is 19.2 Å². The molecule has 1 N–H and O–H groups in total. The first-order valence-electron chi connectivity index (χ1n) is 7.85. The van der Waals surface area contributed by atoms with Crippen molar-refractivity contribution in [1.82, 2.24) is 9.62 Å². The lowest BCUT2D eigenvalue weighted by Crippen LogP contribution is -2.35. The molecule has 0 aromatic heterocycles. The van der Waals surface area contributed by atoms with Crippen molar-refractivity contribution in [3.8, 4) is 0 Å². The van der Waals surface area contributed by atoms with Crippen LogP contribution < -0.4 is 5.32 Å². The first-order chi connectivity index (χ1) is 10.0. The highest BCUT2D eigenvalue weighted by Gasteiger charge is 2.26. The molecule has 21 heavy (non-hydrogen) atoms. The molecule has 2 rings (SSSR count). The van der Waals surface area contributed by atoms with Crippen LogP contribution in [0.5, 0.6) is 0 Å². The lowest BCUT2D eigenvalue weighted by Gasteiger charge is -2.25. The number of hydrogen-bond donors (Lipinski definition) is 1. The lowest BCUT2D eigenvalue weighted by molar-refractivity contribution is 0.339. The maximum atomic E-state index is 12.8. The van der Waals surface area contributed by atoms with Crippen LogP contribution >= 0.6 is 0 Å². The second-order valence-electron chi connectivity index (χ2n) is 5.67. The Balaban J connectivity index is 2.26. The fourth-order valence-corrected chi connectivity index (χ4v) is 4.39. The van der Waals surface area contributed by atoms with Crippen LogP contribution in [0.3, 0.4) is 0 Å². The highest BCUT2D eigenvalue weighted by atomic mass is 32.2. The van der Waals surface area contributed by atoms with Crippen molar-refractivity contribution in [1.29, 1.82) is 0 Å². The predicted octanol–water partition coefficient (Wildman–Crippen LogP) is 2.74. The maximum Gasteiger partial charge on any atom is 0.243 e. The number of nitrogens with one attached hydrogen (secondary N) is 1. The van der Waals surface area contributed by atoms with E-state index in [1.54, 1.807) is 10.4 Å². The molecule has 1 heterocycles. The molecule has 4 nitrogen and oxygen atoms in total. The minimum atomic E-state index is -3.38. The van der Waals surface area contributed by atoms with Crippen molar-refractivity contribution >= 4 is 10.0 Å². The minimum absolute atomic E-state index is 0.427. The van der Waals surface area contributed by atoms with Crippen molar-refractivity contribution in [2.24, 2.45) is 5.92 Å². The highest BCUT2D eigenvalue weighted by Crippen LogP contribution is 2.24. The van der Waals surface area contributed by atoms with Crippen LogP contribution in [0.1, 0.15) is 44.7 Å². The van der Waals surface area contributed by atoms with Gasteiger partial charge >= 0.3 is 0 Å². The normalized spacial score (nSPS) is 14.9. The molecule has 0 unspecified atom stereocenters. The topological polar surface area (TPSA) is 49.4 Å². The number of rotatable bonds is 7. The Bertz CT molecular complexity index is 580. The van der Waals surface area contributed by atoms with E-state index in [-0.39, 0.29) is 0 Å².